The number of nitrogens with one attached hydrogen (secondary N) is 1. The molecule has 2 atom stereocenters. The summed E-state index contributed by atoms with van der Waals surface area (Å²) in [7, 11) is 0. The fraction of sp³-hybridized carbons (Fsp3) is 0.520. The van der Waals surface area contributed by atoms with Crippen LogP contribution in [-0.2, 0) is 17.5 Å². The van der Waals surface area contributed by atoms with Crippen molar-refractivity contribution in [2.45, 2.75) is 19.6 Å². The number of fused-ring (bicyclic) bond motifs is 1. The van der Waals surface area contributed by atoms with Gasteiger partial charge in [-0.3, -0.25) is 4.90 Å². The van der Waals surface area contributed by atoms with E-state index in [0.29, 0.717) is 68.4 Å². The topological polar surface area (TPSA) is 65.9 Å². The number of rotatable bonds is 5. The summed E-state index contributed by atoms with van der Waals surface area (Å²) in [5, 5.41) is 7.17. The lowest BCUT2D eigenvalue weighted by atomic mass is 10.0. The Bertz CT molecular complexity index is 1110. The lowest BCUT2D eigenvalue weighted by Gasteiger charge is -2.35. The van der Waals surface area contributed by atoms with Gasteiger partial charge in [-0.2, -0.15) is 17.9 Å². The van der Waals surface area contributed by atoms with E-state index in [1.807, 2.05) is 9.80 Å². The summed E-state index contributed by atoms with van der Waals surface area (Å²) in [4.78, 5) is 18.5. The summed E-state index contributed by atoms with van der Waals surface area (Å²) < 4.78 is 48.8. The second kappa shape index (κ2) is 9.78. The van der Waals surface area contributed by atoms with E-state index in [4.69, 9.17) is 4.74 Å². The van der Waals surface area contributed by atoms with Crippen LogP contribution in [0, 0.1) is 11.8 Å². The van der Waals surface area contributed by atoms with E-state index in [2.05, 4.69) is 17.0 Å². The van der Waals surface area contributed by atoms with E-state index in [1.165, 1.54) is 10.7 Å². The fourth-order valence-corrected chi connectivity index (χ4v) is 5.26. The van der Waals surface area contributed by atoms with Crippen molar-refractivity contribution in [3.63, 3.8) is 0 Å². The number of ether oxygens (including phenoxy) is 1. The van der Waals surface area contributed by atoms with E-state index in [1.54, 1.807) is 36.2 Å². The van der Waals surface area contributed by atoms with Crippen molar-refractivity contribution in [3.8, 4) is 0 Å². The molecule has 3 fully saturated rings. The molecular weight excluding hydrogens is 473 g/mol. The number of hydrogen-bond acceptors (Lipinski definition) is 6. The zero-order chi connectivity index (χ0) is 25.4. The van der Waals surface area contributed by atoms with Crippen LogP contribution in [0.1, 0.15) is 18.1 Å². The maximum absolute atomic E-state index is 14.0. The van der Waals surface area contributed by atoms with Crippen molar-refractivity contribution in [3.05, 3.63) is 53.9 Å². The molecule has 2 unspecified atom stereocenters. The van der Waals surface area contributed by atoms with Gasteiger partial charge in [0.15, 0.2) is 5.82 Å². The second-order valence-corrected chi connectivity index (χ2v) is 9.90. The number of carbonyl (C=O) groups is 1. The van der Waals surface area contributed by atoms with Crippen LogP contribution in [0.4, 0.5) is 29.5 Å². The van der Waals surface area contributed by atoms with Crippen LogP contribution in [-0.4, -0.2) is 78.1 Å². The average molecular weight is 505 g/mol. The third-order valence-corrected chi connectivity index (χ3v) is 7.17. The largest absolute Gasteiger partial charge is 0.416 e. The highest BCUT2D eigenvalue weighted by Gasteiger charge is 2.39. The van der Waals surface area contributed by atoms with Crippen LogP contribution in [0.15, 0.2) is 42.7 Å². The summed E-state index contributed by atoms with van der Waals surface area (Å²) >= 11 is 0. The molecule has 0 spiro atoms. The zero-order valence-electron chi connectivity index (χ0n) is 20.3. The molecule has 3 aliphatic rings. The average Bonchev–Trinajstić information content (AvgIpc) is 3.55. The van der Waals surface area contributed by atoms with Crippen LogP contribution in [0.5, 0.6) is 0 Å². The molecule has 3 aliphatic heterocycles. The van der Waals surface area contributed by atoms with Gasteiger partial charge < -0.3 is 19.9 Å². The molecule has 194 valence electrons. The Kier molecular flexibility index (Phi) is 6.69. The molecule has 0 aliphatic carbocycles. The molecule has 0 bridgehead atoms. The van der Waals surface area contributed by atoms with Gasteiger partial charge in [0, 0.05) is 81.3 Å². The van der Waals surface area contributed by atoms with Gasteiger partial charge in [0.25, 0.3) is 0 Å². The number of carbonyl (C=O) groups excluding carboxylic acids is 1. The highest BCUT2D eigenvalue weighted by atomic mass is 19.4. The van der Waals surface area contributed by atoms with Crippen molar-refractivity contribution in [2.24, 2.45) is 11.8 Å². The standard InChI is InChI=1S/C25H31F3N6O2/c1-17(2)29-23-5-6-34(30-23)24(35)32-9-7-31(8-10-32)12-18-3-4-21(11-22(18)25(26,27)28)33-13-19-15-36-16-20(19)14-33/h3-6,11,19-20H,1,7-10,12-16H2,2H3,(H,29,30). The summed E-state index contributed by atoms with van der Waals surface area (Å²) in [6, 6.07) is 6.14. The van der Waals surface area contributed by atoms with E-state index in [0.717, 1.165) is 13.1 Å². The highest BCUT2D eigenvalue weighted by molar-refractivity contribution is 5.76. The molecular formula is C25H31F3N6O2. The number of nitrogens with zero attached hydrogens (tertiary/aromatic N) is 5. The maximum Gasteiger partial charge on any atom is 0.416 e. The molecule has 11 heteroatoms. The molecule has 3 saturated heterocycles. The molecule has 36 heavy (non-hydrogen) atoms. The minimum absolute atomic E-state index is 0.185. The third kappa shape index (κ3) is 5.22. The Morgan fingerprint density at radius 3 is 2.47 bits per heavy atom. The minimum Gasteiger partial charge on any atom is -0.381 e. The number of benzene rings is 1. The van der Waals surface area contributed by atoms with Gasteiger partial charge in [-0.1, -0.05) is 12.6 Å². The Morgan fingerprint density at radius 2 is 1.83 bits per heavy atom. The molecule has 4 heterocycles. The van der Waals surface area contributed by atoms with Crippen LogP contribution in [0.2, 0.25) is 0 Å². The normalized spacial score (nSPS) is 22.7. The molecule has 8 nitrogen and oxygen atoms in total. The van der Waals surface area contributed by atoms with Gasteiger partial charge in [-0.25, -0.2) is 4.79 Å². The molecule has 1 aromatic carbocycles. The van der Waals surface area contributed by atoms with Gasteiger partial charge in [0.1, 0.15) is 0 Å². The number of aromatic nitrogens is 2. The first-order chi connectivity index (χ1) is 17.2. The Balaban J connectivity index is 1.22. The van der Waals surface area contributed by atoms with Gasteiger partial charge in [-0.15, -0.1) is 5.10 Å². The smallest absolute Gasteiger partial charge is 0.381 e. The molecule has 1 amide bonds. The predicted octanol–water partition coefficient (Wildman–Crippen LogP) is 3.72. The first-order valence-corrected chi connectivity index (χ1v) is 12.2. The van der Waals surface area contributed by atoms with Crippen molar-refractivity contribution in [1.29, 1.82) is 0 Å². The summed E-state index contributed by atoms with van der Waals surface area (Å²) in [6.07, 6.45) is -2.85. The fourth-order valence-electron chi connectivity index (χ4n) is 5.26. The number of halogens is 3. The van der Waals surface area contributed by atoms with Gasteiger partial charge in [0.05, 0.1) is 18.8 Å². The molecule has 1 N–H and O–H groups in total. The van der Waals surface area contributed by atoms with E-state index < -0.39 is 11.7 Å². The van der Waals surface area contributed by atoms with E-state index >= 15 is 0 Å². The summed E-state index contributed by atoms with van der Waals surface area (Å²) in [5.41, 5.74) is 1.01. The lowest BCUT2D eigenvalue weighted by molar-refractivity contribution is -0.138. The van der Waals surface area contributed by atoms with Crippen molar-refractivity contribution in [1.82, 2.24) is 19.6 Å². The van der Waals surface area contributed by atoms with Gasteiger partial charge in [-0.05, 0) is 24.6 Å². The maximum atomic E-state index is 14.0. The molecule has 0 radical (unpaired) electrons. The Hall–Kier alpha value is -3.05. The lowest BCUT2D eigenvalue weighted by Crippen LogP contribution is -2.49. The quantitative estimate of drug-likeness (QED) is 0.670. The molecule has 5 rings (SSSR count). The van der Waals surface area contributed by atoms with Crippen molar-refractivity contribution < 1.29 is 22.7 Å². The number of alkyl halides is 3. The summed E-state index contributed by atoms with van der Waals surface area (Å²) in [5.74, 6) is 1.32. The van der Waals surface area contributed by atoms with Crippen LogP contribution in [0.25, 0.3) is 0 Å². The number of hydrogen-bond donors (Lipinski definition) is 1. The van der Waals surface area contributed by atoms with Crippen LogP contribution < -0.4 is 10.2 Å². The Morgan fingerprint density at radius 1 is 1.14 bits per heavy atom. The monoisotopic (exact) mass is 504 g/mol. The first-order valence-electron chi connectivity index (χ1n) is 12.2. The van der Waals surface area contributed by atoms with Gasteiger partial charge in [0.2, 0.25) is 0 Å². The van der Waals surface area contributed by atoms with Gasteiger partial charge >= 0.3 is 12.2 Å². The third-order valence-electron chi connectivity index (χ3n) is 7.17. The van der Waals surface area contributed by atoms with Crippen LogP contribution in [0.3, 0.4) is 0 Å². The first kappa shape index (κ1) is 24.6. The number of amides is 1. The Labute approximate surface area is 208 Å². The highest BCUT2D eigenvalue weighted by Crippen LogP contribution is 2.38. The summed E-state index contributed by atoms with van der Waals surface area (Å²) in [6.45, 7) is 10.4. The van der Waals surface area contributed by atoms with Crippen molar-refractivity contribution in [2.75, 3.05) is 62.7 Å². The van der Waals surface area contributed by atoms with E-state index in [9.17, 15) is 18.0 Å². The number of piperazine rings is 1. The second-order valence-electron chi connectivity index (χ2n) is 9.90. The molecule has 1 aromatic heterocycles. The van der Waals surface area contributed by atoms with E-state index in [-0.39, 0.29) is 18.1 Å². The van der Waals surface area contributed by atoms with Crippen LogP contribution >= 0.6 is 0 Å². The van der Waals surface area contributed by atoms with Crippen molar-refractivity contribution >= 4 is 17.5 Å². The SMILES string of the molecule is C=C(C)Nc1ccn(C(=O)N2CCN(Cc3ccc(N4CC5COCC5C4)cc3C(F)(F)F)CC2)n1. The predicted molar refractivity (Wildman–Crippen MR) is 130 cm³/mol. The zero-order valence-corrected chi connectivity index (χ0v) is 20.3. The molecule has 0 saturated carbocycles. The minimum atomic E-state index is -4.43. The number of allylic oxidation sites excluding steroid dienone is 1. The molecule has 2 aromatic rings. The number of anilines is 2.